The predicted molar refractivity (Wildman–Crippen MR) is 75.4 cm³/mol. The van der Waals surface area contributed by atoms with E-state index in [0.29, 0.717) is 0 Å². The minimum atomic E-state index is -0.306. The van der Waals surface area contributed by atoms with Gasteiger partial charge >= 0.3 is 0 Å². The second-order valence-corrected chi connectivity index (χ2v) is 5.67. The zero-order valence-electron chi connectivity index (χ0n) is 10.9. The molecule has 4 rings (SSSR count). The van der Waals surface area contributed by atoms with Crippen molar-refractivity contribution in [2.45, 2.75) is 24.8 Å². The first-order chi connectivity index (χ1) is 9.26. The molecule has 0 bridgehead atoms. The summed E-state index contributed by atoms with van der Waals surface area (Å²) in [6.45, 7) is 0.787. The Morgan fingerprint density at radius 2 is 1.58 bits per heavy atom. The van der Waals surface area contributed by atoms with E-state index in [2.05, 4.69) is 42.5 Å². The van der Waals surface area contributed by atoms with Crippen LogP contribution in [-0.4, -0.2) is 6.61 Å². The molecule has 0 atom stereocenters. The Morgan fingerprint density at radius 1 is 0.895 bits per heavy atom. The van der Waals surface area contributed by atoms with Crippen molar-refractivity contribution in [2.75, 3.05) is 6.61 Å². The minimum absolute atomic E-state index is 0.306. The van der Waals surface area contributed by atoms with Crippen molar-refractivity contribution in [3.8, 4) is 5.75 Å². The van der Waals surface area contributed by atoms with Crippen molar-refractivity contribution in [3.05, 3.63) is 64.7 Å². The molecular formula is C17H17NO. The lowest BCUT2D eigenvalue weighted by atomic mass is 9.86. The lowest BCUT2D eigenvalue weighted by Crippen LogP contribution is -2.37. The van der Waals surface area contributed by atoms with Gasteiger partial charge in [0, 0.05) is 12.0 Å². The van der Waals surface area contributed by atoms with Crippen molar-refractivity contribution >= 4 is 0 Å². The second-order valence-electron chi connectivity index (χ2n) is 5.67. The van der Waals surface area contributed by atoms with Crippen LogP contribution < -0.4 is 10.5 Å². The summed E-state index contributed by atoms with van der Waals surface area (Å²) in [4.78, 5) is 0. The maximum Gasteiger partial charge on any atom is 0.127 e. The SMILES string of the molecule is NC1(c2cccc3c2OCC3)Cc2ccccc2C1. The average molecular weight is 251 g/mol. The van der Waals surface area contributed by atoms with Crippen LogP contribution >= 0.6 is 0 Å². The molecule has 0 fully saturated rings. The number of hydrogen-bond donors (Lipinski definition) is 1. The first-order valence-corrected chi connectivity index (χ1v) is 6.87. The Morgan fingerprint density at radius 3 is 2.32 bits per heavy atom. The molecule has 19 heavy (non-hydrogen) atoms. The molecule has 0 spiro atoms. The van der Waals surface area contributed by atoms with Gasteiger partial charge in [0.05, 0.1) is 12.1 Å². The normalized spacial score (nSPS) is 18.8. The smallest absolute Gasteiger partial charge is 0.127 e. The molecule has 1 aliphatic heterocycles. The van der Waals surface area contributed by atoms with Crippen molar-refractivity contribution < 1.29 is 4.74 Å². The third kappa shape index (κ3) is 1.60. The standard InChI is InChI=1S/C17H17NO/c18-17(10-13-4-1-2-5-14(13)11-17)15-7-3-6-12-8-9-19-16(12)15/h1-7H,8-11,18H2. The van der Waals surface area contributed by atoms with E-state index in [9.17, 15) is 0 Å². The Balaban J connectivity index is 1.81. The monoisotopic (exact) mass is 251 g/mol. The van der Waals surface area contributed by atoms with E-state index in [1.807, 2.05) is 0 Å². The van der Waals surface area contributed by atoms with Gasteiger partial charge in [0.1, 0.15) is 5.75 Å². The molecular weight excluding hydrogens is 234 g/mol. The van der Waals surface area contributed by atoms with Gasteiger partial charge in [0.15, 0.2) is 0 Å². The zero-order chi connectivity index (χ0) is 12.9. The van der Waals surface area contributed by atoms with E-state index in [-0.39, 0.29) is 5.54 Å². The number of nitrogens with two attached hydrogens (primary N) is 1. The summed E-state index contributed by atoms with van der Waals surface area (Å²) in [5, 5.41) is 0. The molecule has 2 nitrogen and oxygen atoms in total. The van der Waals surface area contributed by atoms with Gasteiger partial charge in [-0.2, -0.15) is 0 Å². The number of para-hydroxylation sites is 1. The van der Waals surface area contributed by atoms with Crippen molar-refractivity contribution in [1.29, 1.82) is 0 Å². The molecule has 2 N–H and O–H groups in total. The Labute approximate surface area is 113 Å². The fourth-order valence-electron chi connectivity index (χ4n) is 3.44. The molecule has 0 saturated heterocycles. The van der Waals surface area contributed by atoms with Crippen LogP contribution in [-0.2, 0) is 24.8 Å². The Hall–Kier alpha value is -1.80. The number of benzene rings is 2. The minimum Gasteiger partial charge on any atom is -0.493 e. The highest BCUT2D eigenvalue weighted by Gasteiger charge is 2.38. The van der Waals surface area contributed by atoms with Crippen LogP contribution in [0.3, 0.4) is 0 Å². The Kier molecular flexibility index (Phi) is 2.24. The van der Waals surface area contributed by atoms with E-state index < -0.39 is 0 Å². The van der Waals surface area contributed by atoms with Crippen LogP contribution in [0.5, 0.6) is 5.75 Å². The lowest BCUT2D eigenvalue weighted by molar-refractivity contribution is 0.340. The van der Waals surface area contributed by atoms with Gasteiger partial charge in [-0.05, 0) is 29.5 Å². The van der Waals surface area contributed by atoms with Gasteiger partial charge in [-0.15, -0.1) is 0 Å². The molecule has 0 unspecified atom stereocenters. The summed E-state index contributed by atoms with van der Waals surface area (Å²) in [6.07, 6.45) is 2.82. The number of rotatable bonds is 1. The van der Waals surface area contributed by atoms with Gasteiger partial charge < -0.3 is 10.5 Å². The van der Waals surface area contributed by atoms with Crippen molar-refractivity contribution in [1.82, 2.24) is 0 Å². The molecule has 96 valence electrons. The molecule has 2 heteroatoms. The van der Waals surface area contributed by atoms with E-state index in [1.165, 1.54) is 22.3 Å². The van der Waals surface area contributed by atoms with Crippen LogP contribution in [0.25, 0.3) is 0 Å². The fourth-order valence-corrected chi connectivity index (χ4v) is 3.44. The first-order valence-electron chi connectivity index (χ1n) is 6.87. The van der Waals surface area contributed by atoms with E-state index in [4.69, 9.17) is 10.5 Å². The summed E-state index contributed by atoms with van der Waals surface area (Å²) in [7, 11) is 0. The number of fused-ring (bicyclic) bond motifs is 2. The lowest BCUT2D eigenvalue weighted by Gasteiger charge is -2.26. The van der Waals surface area contributed by atoms with Gasteiger partial charge in [0.2, 0.25) is 0 Å². The molecule has 2 aromatic rings. The topological polar surface area (TPSA) is 35.2 Å². The fraction of sp³-hybridized carbons (Fsp3) is 0.294. The molecule has 0 amide bonds. The Bertz CT molecular complexity index is 622. The first kappa shape index (κ1) is 11.1. The maximum absolute atomic E-state index is 6.72. The van der Waals surface area contributed by atoms with E-state index in [0.717, 1.165) is 31.6 Å². The quantitative estimate of drug-likeness (QED) is 0.845. The highest BCUT2D eigenvalue weighted by atomic mass is 16.5. The second kappa shape index (κ2) is 3.84. The van der Waals surface area contributed by atoms with Crippen LogP contribution in [0.4, 0.5) is 0 Å². The zero-order valence-corrected chi connectivity index (χ0v) is 10.9. The number of hydrogen-bond acceptors (Lipinski definition) is 2. The van der Waals surface area contributed by atoms with Crippen LogP contribution in [0.1, 0.15) is 22.3 Å². The third-order valence-electron chi connectivity index (χ3n) is 4.38. The summed E-state index contributed by atoms with van der Waals surface area (Å²) in [5.41, 5.74) is 11.7. The van der Waals surface area contributed by atoms with Gasteiger partial charge in [-0.1, -0.05) is 42.5 Å². The summed E-state index contributed by atoms with van der Waals surface area (Å²) >= 11 is 0. The largest absolute Gasteiger partial charge is 0.493 e. The van der Waals surface area contributed by atoms with E-state index in [1.54, 1.807) is 0 Å². The molecule has 0 aromatic heterocycles. The summed E-state index contributed by atoms with van der Waals surface area (Å²) in [6, 6.07) is 15.0. The molecule has 0 saturated carbocycles. The van der Waals surface area contributed by atoms with Crippen LogP contribution in [0.2, 0.25) is 0 Å². The summed E-state index contributed by atoms with van der Waals surface area (Å²) < 4.78 is 5.83. The molecule has 2 aliphatic rings. The molecule has 1 heterocycles. The summed E-state index contributed by atoms with van der Waals surface area (Å²) in [5.74, 6) is 1.04. The van der Waals surface area contributed by atoms with Crippen molar-refractivity contribution in [2.24, 2.45) is 5.73 Å². The van der Waals surface area contributed by atoms with Crippen LogP contribution in [0.15, 0.2) is 42.5 Å². The van der Waals surface area contributed by atoms with Gasteiger partial charge in [-0.25, -0.2) is 0 Å². The van der Waals surface area contributed by atoms with Crippen LogP contribution in [0, 0.1) is 0 Å². The van der Waals surface area contributed by atoms with Gasteiger partial charge in [-0.3, -0.25) is 0 Å². The van der Waals surface area contributed by atoms with E-state index >= 15 is 0 Å². The molecule has 2 aromatic carbocycles. The average Bonchev–Trinajstić information content (AvgIpc) is 3.00. The van der Waals surface area contributed by atoms with Gasteiger partial charge in [0.25, 0.3) is 0 Å². The highest BCUT2D eigenvalue weighted by Crippen LogP contribution is 2.42. The third-order valence-corrected chi connectivity index (χ3v) is 4.38. The predicted octanol–water partition coefficient (Wildman–Crippen LogP) is 2.57. The molecule has 1 aliphatic carbocycles. The molecule has 0 radical (unpaired) electrons. The van der Waals surface area contributed by atoms with Crippen molar-refractivity contribution in [3.63, 3.8) is 0 Å². The highest BCUT2D eigenvalue weighted by molar-refractivity contribution is 5.51. The maximum atomic E-state index is 6.72. The number of ether oxygens (including phenoxy) is 1.